The van der Waals surface area contributed by atoms with Gasteiger partial charge in [0, 0.05) is 17.8 Å². The van der Waals surface area contributed by atoms with Crippen LogP contribution in [0.25, 0.3) is 0 Å². The summed E-state index contributed by atoms with van der Waals surface area (Å²) in [4.78, 5) is 25.0. The number of likely N-dealkylation sites (N-methyl/N-ethyl adjacent to an activating group) is 1. The highest BCUT2D eigenvalue weighted by Crippen LogP contribution is 2.39. The van der Waals surface area contributed by atoms with E-state index in [0.717, 1.165) is 6.54 Å². The smallest absolute Gasteiger partial charge is 0.246 e. The standard InChI is InChI=1S/C13H22N2O2S/c1-3-15-11(16)8-10(12(15)17)14-9-13(18-2)6-4-5-7-13/h10,14H,3-9H2,1-2H3. The number of amides is 2. The summed E-state index contributed by atoms with van der Waals surface area (Å²) in [5.74, 6) is -0.0821. The number of nitrogens with zero attached hydrogens (tertiary/aromatic N) is 1. The lowest BCUT2D eigenvalue weighted by molar-refractivity contribution is -0.138. The largest absolute Gasteiger partial charge is 0.304 e. The van der Waals surface area contributed by atoms with Gasteiger partial charge in [-0.1, -0.05) is 12.8 Å². The number of imide groups is 1. The van der Waals surface area contributed by atoms with Gasteiger partial charge in [0.25, 0.3) is 0 Å². The highest BCUT2D eigenvalue weighted by molar-refractivity contribution is 8.00. The normalized spacial score (nSPS) is 27.2. The molecular weight excluding hydrogens is 248 g/mol. The summed E-state index contributed by atoms with van der Waals surface area (Å²) >= 11 is 1.90. The molecule has 2 rings (SSSR count). The van der Waals surface area contributed by atoms with Gasteiger partial charge in [0.1, 0.15) is 0 Å². The molecule has 1 atom stereocenters. The van der Waals surface area contributed by atoms with E-state index in [0.29, 0.717) is 13.0 Å². The van der Waals surface area contributed by atoms with Crippen LogP contribution >= 0.6 is 11.8 Å². The molecule has 0 bridgehead atoms. The molecule has 2 fully saturated rings. The zero-order valence-corrected chi connectivity index (χ0v) is 12.0. The van der Waals surface area contributed by atoms with Gasteiger partial charge in [0.2, 0.25) is 11.8 Å². The Balaban J connectivity index is 1.91. The van der Waals surface area contributed by atoms with Crippen LogP contribution < -0.4 is 5.32 Å². The molecule has 102 valence electrons. The first-order valence-corrected chi connectivity index (χ1v) is 7.97. The van der Waals surface area contributed by atoms with Gasteiger partial charge in [-0.2, -0.15) is 11.8 Å². The van der Waals surface area contributed by atoms with Crippen LogP contribution in [0.2, 0.25) is 0 Å². The first-order valence-electron chi connectivity index (χ1n) is 6.74. The van der Waals surface area contributed by atoms with Crippen LogP contribution in [0.3, 0.4) is 0 Å². The molecule has 2 amide bonds. The van der Waals surface area contributed by atoms with Crippen molar-refractivity contribution < 1.29 is 9.59 Å². The van der Waals surface area contributed by atoms with Gasteiger partial charge >= 0.3 is 0 Å². The second-order valence-corrected chi connectivity index (χ2v) is 6.48. The van der Waals surface area contributed by atoms with Gasteiger partial charge in [-0.15, -0.1) is 0 Å². The van der Waals surface area contributed by atoms with E-state index in [1.807, 2.05) is 18.7 Å². The van der Waals surface area contributed by atoms with Crippen LogP contribution in [0.5, 0.6) is 0 Å². The number of carbonyl (C=O) groups is 2. The van der Waals surface area contributed by atoms with Crippen molar-refractivity contribution in [1.82, 2.24) is 10.2 Å². The zero-order chi connectivity index (χ0) is 13.2. The van der Waals surface area contributed by atoms with E-state index in [-0.39, 0.29) is 22.6 Å². The van der Waals surface area contributed by atoms with Gasteiger partial charge in [-0.05, 0) is 26.0 Å². The van der Waals surface area contributed by atoms with Gasteiger partial charge < -0.3 is 5.32 Å². The Morgan fingerprint density at radius 2 is 2.06 bits per heavy atom. The molecule has 18 heavy (non-hydrogen) atoms. The predicted molar refractivity (Wildman–Crippen MR) is 73.5 cm³/mol. The fraction of sp³-hybridized carbons (Fsp3) is 0.846. The Hall–Kier alpha value is -0.550. The lowest BCUT2D eigenvalue weighted by Crippen LogP contribution is -2.44. The van der Waals surface area contributed by atoms with E-state index in [4.69, 9.17) is 0 Å². The SMILES string of the molecule is CCN1C(=O)CC(NCC2(SC)CCCC2)C1=O. The molecule has 1 N–H and O–H groups in total. The van der Waals surface area contributed by atoms with Crippen LogP contribution in [0.4, 0.5) is 0 Å². The predicted octanol–water partition coefficient (Wildman–Crippen LogP) is 1.40. The van der Waals surface area contributed by atoms with Crippen molar-refractivity contribution in [3.8, 4) is 0 Å². The minimum atomic E-state index is -0.290. The lowest BCUT2D eigenvalue weighted by Gasteiger charge is -2.28. The number of thioether (sulfide) groups is 1. The van der Waals surface area contributed by atoms with Crippen molar-refractivity contribution in [3.63, 3.8) is 0 Å². The van der Waals surface area contributed by atoms with E-state index in [2.05, 4.69) is 11.6 Å². The monoisotopic (exact) mass is 270 g/mol. The number of rotatable bonds is 5. The van der Waals surface area contributed by atoms with Crippen LogP contribution in [0.15, 0.2) is 0 Å². The summed E-state index contributed by atoms with van der Waals surface area (Å²) < 4.78 is 0.281. The number of carbonyl (C=O) groups excluding carboxylic acids is 2. The van der Waals surface area contributed by atoms with Crippen LogP contribution in [0.1, 0.15) is 39.0 Å². The Labute approximate surface area is 113 Å². The molecule has 1 aliphatic carbocycles. The molecule has 1 heterocycles. The van der Waals surface area contributed by atoms with E-state index < -0.39 is 0 Å². The average molecular weight is 270 g/mol. The van der Waals surface area contributed by atoms with Crippen molar-refractivity contribution >= 4 is 23.6 Å². The Morgan fingerprint density at radius 3 is 2.56 bits per heavy atom. The molecule has 1 aliphatic heterocycles. The van der Waals surface area contributed by atoms with Gasteiger partial charge in [0.15, 0.2) is 0 Å². The fourth-order valence-corrected chi connectivity index (χ4v) is 3.88. The van der Waals surface area contributed by atoms with E-state index >= 15 is 0 Å². The minimum absolute atomic E-state index is 0.0374. The highest BCUT2D eigenvalue weighted by atomic mass is 32.2. The molecular formula is C13H22N2O2S. The molecule has 0 aromatic rings. The molecule has 2 aliphatic rings. The summed E-state index contributed by atoms with van der Waals surface area (Å²) in [7, 11) is 0. The number of likely N-dealkylation sites (tertiary alicyclic amines) is 1. The van der Waals surface area contributed by atoms with E-state index in [1.165, 1.54) is 30.6 Å². The number of nitrogens with one attached hydrogen (secondary N) is 1. The Kier molecular flexibility index (Phi) is 4.33. The van der Waals surface area contributed by atoms with Gasteiger partial charge in [0.05, 0.1) is 12.5 Å². The maximum atomic E-state index is 12.0. The van der Waals surface area contributed by atoms with Crippen LogP contribution in [-0.2, 0) is 9.59 Å². The molecule has 1 saturated carbocycles. The topological polar surface area (TPSA) is 49.4 Å². The summed E-state index contributed by atoms with van der Waals surface area (Å²) in [6.45, 7) is 3.18. The second-order valence-electron chi connectivity index (χ2n) is 5.21. The van der Waals surface area contributed by atoms with Crippen LogP contribution in [-0.4, -0.2) is 46.8 Å². The van der Waals surface area contributed by atoms with Crippen molar-refractivity contribution in [2.75, 3.05) is 19.3 Å². The van der Waals surface area contributed by atoms with Crippen molar-refractivity contribution in [2.24, 2.45) is 0 Å². The molecule has 0 aromatic heterocycles. The zero-order valence-electron chi connectivity index (χ0n) is 11.2. The van der Waals surface area contributed by atoms with E-state index in [9.17, 15) is 9.59 Å². The average Bonchev–Trinajstić information content (AvgIpc) is 2.93. The molecule has 5 heteroatoms. The Morgan fingerprint density at radius 1 is 1.39 bits per heavy atom. The third-order valence-corrected chi connectivity index (χ3v) is 5.60. The fourth-order valence-electron chi connectivity index (χ4n) is 2.96. The maximum absolute atomic E-state index is 12.0. The maximum Gasteiger partial charge on any atom is 0.246 e. The van der Waals surface area contributed by atoms with Crippen molar-refractivity contribution in [2.45, 2.75) is 49.8 Å². The summed E-state index contributed by atoms with van der Waals surface area (Å²) in [5, 5.41) is 3.33. The van der Waals surface area contributed by atoms with Gasteiger partial charge in [-0.25, -0.2) is 0 Å². The minimum Gasteiger partial charge on any atom is -0.304 e. The summed E-state index contributed by atoms with van der Waals surface area (Å²) in [5.41, 5.74) is 0. The van der Waals surface area contributed by atoms with E-state index in [1.54, 1.807) is 0 Å². The quantitative estimate of drug-likeness (QED) is 0.767. The molecule has 1 unspecified atom stereocenters. The molecule has 0 spiro atoms. The van der Waals surface area contributed by atoms with Gasteiger partial charge in [-0.3, -0.25) is 14.5 Å². The first-order chi connectivity index (χ1) is 8.62. The third-order valence-electron chi connectivity index (χ3n) is 4.18. The molecule has 0 aromatic carbocycles. The van der Waals surface area contributed by atoms with Crippen molar-refractivity contribution in [1.29, 1.82) is 0 Å². The third kappa shape index (κ3) is 2.57. The number of hydrogen-bond donors (Lipinski definition) is 1. The Bertz CT molecular complexity index is 340. The first kappa shape index (κ1) is 13.9. The van der Waals surface area contributed by atoms with Crippen LogP contribution in [0, 0.1) is 0 Å². The molecule has 4 nitrogen and oxygen atoms in total. The highest BCUT2D eigenvalue weighted by Gasteiger charge is 2.40. The number of hydrogen-bond acceptors (Lipinski definition) is 4. The summed E-state index contributed by atoms with van der Waals surface area (Å²) in [6.07, 6.45) is 7.47. The lowest BCUT2D eigenvalue weighted by atomic mass is 10.1. The summed E-state index contributed by atoms with van der Waals surface area (Å²) in [6, 6.07) is -0.290. The molecule has 0 radical (unpaired) electrons. The van der Waals surface area contributed by atoms with Crippen molar-refractivity contribution in [3.05, 3.63) is 0 Å². The molecule has 1 saturated heterocycles. The second kappa shape index (κ2) is 5.61.